The molecule has 1 fully saturated rings. The van der Waals surface area contributed by atoms with Crippen molar-refractivity contribution in [3.8, 4) is 16.8 Å². The minimum atomic E-state index is -1.57. The van der Waals surface area contributed by atoms with Crippen molar-refractivity contribution in [2.45, 2.75) is 24.4 Å². The zero-order valence-corrected chi connectivity index (χ0v) is 28.3. The van der Waals surface area contributed by atoms with Crippen LogP contribution in [-0.4, -0.2) is 75.2 Å². The number of aromatic nitrogens is 3. The van der Waals surface area contributed by atoms with Crippen LogP contribution in [0.5, 0.6) is 0 Å². The highest BCUT2D eigenvalue weighted by atomic mass is 32.2. The van der Waals surface area contributed by atoms with Gasteiger partial charge >= 0.3 is 5.76 Å². The lowest BCUT2D eigenvalue weighted by atomic mass is 10.0. The molecule has 0 bridgehead atoms. The number of nitrogens with two attached hydrogens (primary N) is 1. The number of β-lactam (4-membered cyclic amide) rings is 1. The van der Waals surface area contributed by atoms with E-state index in [0.29, 0.717) is 11.1 Å². The number of oxime groups is 1. The van der Waals surface area contributed by atoms with Crippen LogP contribution >= 0.6 is 23.1 Å². The molecule has 6 rings (SSSR count). The Labute approximate surface area is 295 Å². The first-order chi connectivity index (χ1) is 24.5. The number of oxazole rings is 1. The Morgan fingerprint density at radius 1 is 1.25 bits per heavy atom. The molecule has 0 unspecified atom stereocenters. The number of amides is 3. The highest BCUT2D eigenvalue weighted by Gasteiger charge is 2.53. The summed E-state index contributed by atoms with van der Waals surface area (Å²) in [5.74, 6) is -4.78. The van der Waals surface area contributed by atoms with Crippen LogP contribution in [0.25, 0.3) is 16.8 Å². The summed E-state index contributed by atoms with van der Waals surface area (Å²) < 4.78 is 23.2. The fraction of sp³-hybridized carbons (Fsp3) is 0.226. The molecule has 5 heterocycles. The third kappa shape index (κ3) is 7.09. The Morgan fingerprint density at radius 3 is 2.75 bits per heavy atom. The van der Waals surface area contributed by atoms with Gasteiger partial charge in [-0.3, -0.25) is 24.1 Å². The maximum absolute atomic E-state index is 15.5. The first kappa shape index (κ1) is 35.0. The van der Waals surface area contributed by atoms with Crippen molar-refractivity contribution in [2.24, 2.45) is 5.16 Å². The van der Waals surface area contributed by atoms with Gasteiger partial charge in [0.15, 0.2) is 29.8 Å². The van der Waals surface area contributed by atoms with Gasteiger partial charge in [0.1, 0.15) is 35.8 Å². The smallest absolute Gasteiger partial charge is 0.423 e. The average Bonchev–Trinajstić information content (AvgIpc) is 3.69. The molecule has 0 radical (unpaired) electrons. The van der Waals surface area contributed by atoms with Crippen LogP contribution in [-0.2, 0) is 41.8 Å². The molecule has 17 nitrogen and oxygen atoms in total. The number of halogens is 1. The molecule has 1 saturated heterocycles. The molecular weight excluding hydrogens is 712 g/mol. The van der Waals surface area contributed by atoms with E-state index in [2.05, 4.69) is 25.8 Å². The number of pyridine rings is 1. The second kappa shape index (κ2) is 14.5. The lowest BCUT2D eigenvalue weighted by Gasteiger charge is -2.50. The van der Waals surface area contributed by atoms with Crippen LogP contribution in [0.1, 0.15) is 11.5 Å². The van der Waals surface area contributed by atoms with Crippen molar-refractivity contribution in [3.63, 3.8) is 0 Å². The Kier molecular flexibility index (Phi) is 9.98. The van der Waals surface area contributed by atoms with Gasteiger partial charge in [-0.2, -0.15) is 0 Å². The fourth-order valence-corrected chi connectivity index (χ4v) is 7.42. The summed E-state index contributed by atoms with van der Waals surface area (Å²) in [4.78, 5) is 77.2. The normalized spacial score (nSPS) is 17.1. The summed E-state index contributed by atoms with van der Waals surface area (Å²) in [6, 6.07) is 6.34. The molecule has 20 heteroatoms. The van der Waals surface area contributed by atoms with Gasteiger partial charge in [-0.05, 0) is 24.3 Å². The number of fused-ring (bicyclic) bond motifs is 1. The number of benzene rings is 1. The molecule has 0 aliphatic carbocycles. The van der Waals surface area contributed by atoms with E-state index < -0.39 is 46.7 Å². The maximum atomic E-state index is 15.5. The SMILES string of the molecule is CO/N=C(\C(=O)N[C@@H]1C(=O)N2C(C(=O)[O-])=C(C[n+]3cccc(-c4ccc(-n5cc(CC(=O)NOC)oc5=O)cc4F)c3)CS[C@@H]12)c1csc(N)n1. The third-order valence-electron chi connectivity index (χ3n) is 7.70. The molecule has 3 aromatic heterocycles. The number of carbonyl (C=O) groups excluding carboxylic acids is 4. The first-order valence-electron chi connectivity index (χ1n) is 14.8. The van der Waals surface area contributed by atoms with Gasteiger partial charge in [-0.15, -0.1) is 23.1 Å². The van der Waals surface area contributed by atoms with Crippen molar-refractivity contribution >= 4 is 57.6 Å². The Bertz CT molecular complexity index is 2180. The molecule has 4 aromatic rings. The van der Waals surface area contributed by atoms with Crippen LogP contribution in [0.3, 0.4) is 0 Å². The standard InChI is InChI=1S/C31H27FN8O9S2/c1-47-36-22(41)9-18-12-39(31(46)49-18)17-5-6-19(20(32)8-17)15-4-3-7-38(10-15)11-16-13-50-28-24(27(43)40(28)25(16)29(44)45)35-26(42)23(37-48-2)21-14-51-30(33)34-21/h3-8,10,12,14,24,28H,9,11,13H2,1-2H3,(H4-,33,34,35,36,41,42,44,45)/b37-23-/t24-,28+/m1/s1. The van der Waals surface area contributed by atoms with Crippen LogP contribution < -0.4 is 32.0 Å². The molecule has 264 valence electrons. The van der Waals surface area contributed by atoms with Crippen molar-refractivity contribution in [2.75, 3.05) is 25.7 Å². The van der Waals surface area contributed by atoms with Crippen LogP contribution in [0, 0.1) is 5.82 Å². The number of thiazole rings is 1. The average molecular weight is 739 g/mol. The van der Waals surface area contributed by atoms with Gasteiger partial charge in [-0.1, -0.05) is 5.16 Å². The molecule has 1 aromatic carbocycles. The number of rotatable bonds is 12. The van der Waals surface area contributed by atoms with E-state index in [1.165, 1.54) is 49.7 Å². The van der Waals surface area contributed by atoms with E-state index in [9.17, 15) is 29.1 Å². The van der Waals surface area contributed by atoms with Gasteiger partial charge in [0.2, 0.25) is 0 Å². The van der Waals surface area contributed by atoms with Gasteiger partial charge in [0.05, 0.1) is 37.1 Å². The molecule has 51 heavy (non-hydrogen) atoms. The monoisotopic (exact) mass is 738 g/mol. The molecule has 0 spiro atoms. The van der Waals surface area contributed by atoms with Gasteiger partial charge in [0.25, 0.3) is 17.7 Å². The largest absolute Gasteiger partial charge is 0.543 e. The number of carboxylic acid groups (broad SMARTS) is 1. The summed E-state index contributed by atoms with van der Waals surface area (Å²) in [7, 11) is 2.50. The highest BCUT2D eigenvalue weighted by molar-refractivity contribution is 8.00. The van der Waals surface area contributed by atoms with Gasteiger partial charge < -0.3 is 30.2 Å². The number of hydrogen-bond donors (Lipinski definition) is 3. The van der Waals surface area contributed by atoms with Crippen molar-refractivity contribution in [1.29, 1.82) is 0 Å². The Hall–Kier alpha value is -5.86. The van der Waals surface area contributed by atoms with E-state index in [4.69, 9.17) is 15.0 Å². The molecular formula is C31H27FN8O9S2. The fourth-order valence-electron chi connectivity index (χ4n) is 5.54. The second-order valence-electron chi connectivity index (χ2n) is 11.0. The zero-order valence-electron chi connectivity index (χ0n) is 26.7. The van der Waals surface area contributed by atoms with E-state index in [-0.39, 0.29) is 58.0 Å². The first-order valence-corrected chi connectivity index (χ1v) is 16.8. The summed E-state index contributed by atoms with van der Waals surface area (Å²) in [5, 5.41) is 19.6. The lowest BCUT2D eigenvalue weighted by molar-refractivity contribution is -0.688. The van der Waals surface area contributed by atoms with E-state index in [1.54, 1.807) is 29.1 Å². The maximum Gasteiger partial charge on any atom is 0.423 e. The summed E-state index contributed by atoms with van der Waals surface area (Å²) in [6.45, 7) is 0.0249. The van der Waals surface area contributed by atoms with E-state index >= 15 is 4.39 Å². The lowest BCUT2D eigenvalue weighted by Crippen LogP contribution is -2.71. The van der Waals surface area contributed by atoms with Gasteiger partial charge in [-0.25, -0.2) is 28.8 Å². The number of carbonyl (C=O) groups is 4. The predicted octanol–water partition coefficient (Wildman–Crippen LogP) is -0.762. The number of nitrogens with zero attached hydrogens (tertiary/aromatic N) is 5. The highest BCUT2D eigenvalue weighted by Crippen LogP contribution is 2.40. The summed E-state index contributed by atoms with van der Waals surface area (Å²) in [5.41, 5.74) is 8.56. The topological polar surface area (TPSA) is 227 Å². The van der Waals surface area contributed by atoms with Crippen molar-refractivity contribution < 1.29 is 47.3 Å². The Morgan fingerprint density at radius 2 is 2.06 bits per heavy atom. The van der Waals surface area contributed by atoms with E-state index in [1.807, 2.05) is 0 Å². The molecule has 2 aliphatic heterocycles. The van der Waals surface area contributed by atoms with Crippen LogP contribution in [0.4, 0.5) is 9.52 Å². The number of hydrogen-bond acceptors (Lipinski definition) is 14. The molecule has 3 amide bonds. The van der Waals surface area contributed by atoms with Crippen LogP contribution in [0.15, 0.2) is 79.9 Å². The van der Waals surface area contributed by atoms with Crippen molar-refractivity contribution in [1.82, 2.24) is 25.2 Å². The number of hydroxylamine groups is 1. The number of nitrogens with one attached hydrogen (secondary N) is 2. The van der Waals surface area contributed by atoms with E-state index in [0.717, 1.165) is 26.9 Å². The Balaban J connectivity index is 1.18. The molecule has 0 saturated carbocycles. The molecule has 2 atom stereocenters. The predicted molar refractivity (Wildman–Crippen MR) is 176 cm³/mol. The number of carboxylic acids is 1. The number of nitrogen functional groups attached to an aromatic ring is 1. The quantitative estimate of drug-likeness (QED) is 0.0706. The summed E-state index contributed by atoms with van der Waals surface area (Å²) >= 11 is 2.34. The zero-order chi connectivity index (χ0) is 36.4. The van der Waals surface area contributed by atoms with Gasteiger partial charge in [0, 0.05) is 33.9 Å². The third-order valence-corrected chi connectivity index (χ3v) is 9.72. The second-order valence-corrected chi connectivity index (χ2v) is 13.0. The molecule has 4 N–H and O–H groups in total. The molecule has 2 aliphatic rings. The minimum absolute atomic E-state index is 0.0249. The summed E-state index contributed by atoms with van der Waals surface area (Å²) in [6.07, 6.45) is 4.27. The van der Waals surface area contributed by atoms with Crippen molar-refractivity contribution in [3.05, 3.63) is 93.4 Å². The minimum Gasteiger partial charge on any atom is -0.543 e. The number of anilines is 1. The number of aliphatic carboxylic acids is 1. The van der Waals surface area contributed by atoms with Crippen LogP contribution in [0.2, 0.25) is 0 Å². The number of thioether (sulfide) groups is 1.